The molecule has 0 bridgehead atoms. The number of hydrogen-bond acceptors (Lipinski definition) is 6. The maximum Gasteiger partial charge on any atom is 0.408 e. The third-order valence-corrected chi connectivity index (χ3v) is 3.31. The zero-order chi connectivity index (χ0) is 15.0. The number of Topliss-reactive ketones (excluding diaryl/α,β-unsaturated/α-hetero) is 1. The smallest absolute Gasteiger partial charge is 0.408 e. The topological polar surface area (TPSA) is 105 Å². The summed E-state index contributed by atoms with van der Waals surface area (Å²) in [5.74, 6) is -1.66. The molecule has 1 aliphatic heterocycles. The molecular formula is C14H11N3O4. The average molecular weight is 285 g/mol. The van der Waals surface area contributed by atoms with Crippen LogP contribution in [0.5, 0.6) is 0 Å². The van der Waals surface area contributed by atoms with Crippen LogP contribution in [0.25, 0.3) is 11.1 Å². The highest BCUT2D eigenvalue weighted by Crippen LogP contribution is 2.24. The molecule has 2 heterocycles. The van der Waals surface area contributed by atoms with Crippen LogP contribution in [-0.2, 0) is 9.53 Å². The number of nitrogens with zero attached hydrogens (tertiary/aromatic N) is 2. The maximum atomic E-state index is 12.4. The van der Waals surface area contributed by atoms with E-state index in [-0.39, 0.29) is 5.89 Å². The molecule has 2 aromatic rings. The molecular weight excluding hydrogens is 274 g/mol. The first kappa shape index (κ1) is 13.1. The fraction of sp³-hybridized carbons (Fsp3) is 0.286. The van der Waals surface area contributed by atoms with E-state index >= 15 is 0 Å². The van der Waals surface area contributed by atoms with Crippen LogP contribution in [0.3, 0.4) is 0 Å². The molecule has 1 aromatic carbocycles. The van der Waals surface area contributed by atoms with Gasteiger partial charge in [-0.3, -0.25) is 4.79 Å². The second kappa shape index (κ2) is 4.90. The van der Waals surface area contributed by atoms with Crippen LogP contribution in [0, 0.1) is 11.3 Å². The summed E-state index contributed by atoms with van der Waals surface area (Å²) in [6.45, 7) is 1.58. The number of cyclic esters (lactones) is 1. The lowest BCUT2D eigenvalue weighted by molar-refractivity contribution is -0.122. The molecule has 1 aliphatic rings. The van der Waals surface area contributed by atoms with E-state index in [4.69, 9.17) is 9.15 Å². The Morgan fingerprint density at radius 1 is 1.48 bits per heavy atom. The number of aromatic nitrogens is 1. The van der Waals surface area contributed by atoms with Gasteiger partial charge < -0.3 is 14.5 Å². The van der Waals surface area contributed by atoms with E-state index in [9.17, 15) is 14.9 Å². The number of nitrogens with one attached hydrogen (secondary N) is 1. The van der Waals surface area contributed by atoms with Crippen molar-refractivity contribution < 1.29 is 18.7 Å². The Bertz CT molecular complexity index is 728. The van der Waals surface area contributed by atoms with Crippen molar-refractivity contribution in [3.05, 3.63) is 30.2 Å². The molecule has 0 aliphatic carbocycles. The highest BCUT2D eigenvalue weighted by atomic mass is 16.6. The van der Waals surface area contributed by atoms with Crippen molar-refractivity contribution in [1.29, 1.82) is 5.26 Å². The number of alkyl carbamates (subject to hydrolysis) is 1. The molecule has 1 amide bonds. The van der Waals surface area contributed by atoms with Crippen molar-refractivity contribution in [3.63, 3.8) is 0 Å². The number of ketones is 1. The van der Waals surface area contributed by atoms with Crippen LogP contribution in [0.1, 0.15) is 18.7 Å². The van der Waals surface area contributed by atoms with Gasteiger partial charge in [-0.05, 0) is 19.1 Å². The lowest BCUT2D eigenvalue weighted by Crippen LogP contribution is -2.41. The molecule has 106 valence electrons. The predicted molar refractivity (Wildman–Crippen MR) is 70.2 cm³/mol. The molecule has 0 radical (unpaired) electrons. The number of hydrogen-bond donors (Lipinski definition) is 1. The van der Waals surface area contributed by atoms with Gasteiger partial charge in [0.05, 0.1) is 6.07 Å². The maximum absolute atomic E-state index is 12.4. The van der Waals surface area contributed by atoms with Crippen molar-refractivity contribution in [1.82, 2.24) is 10.3 Å². The van der Waals surface area contributed by atoms with Crippen molar-refractivity contribution in [2.24, 2.45) is 0 Å². The van der Waals surface area contributed by atoms with Gasteiger partial charge in [-0.2, -0.15) is 5.26 Å². The Kier molecular flexibility index (Phi) is 3.06. The van der Waals surface area contributed by atoms with Crippen molar-refractivity contribution in [3.8, 4) is 6.07 Å². The molecule has 21 heavy (non-hydrogen) atoms. The van der Waals surface area contributed by atoms with Crippen LogP contribution in [0.4, 0.5) is 4.79 Å². The summed E-state index contributed by atoms with van der Waals surface area (Å²) in [7, 11) is 0. The number of benzene rings is 1. The monoisotopic (exact) mass is 285 g/mol. The normalized spacial score (nSPS) is 22.4. The van der Waals surface area contributed by atoms with Gasteiger partial charge in [-0.25, -0.2) is 9.78 Å². The third kappa shape index (κ3) is 2.21. The summed E-state index contributed by atoms with van der Waals surface area (Å²) in [5, 5.41) is 11.7. The summed E-state index contributed by atoms with van der Waals surface area (Å²) in [5.41, 5.74) is 1.07. The molecule has 0 spiro atoms. The van der Waals surface area contributed by atoms with Crippen molar-refractivity contribution in [2.45, 2.75) is 25.0 Å². The van der Waals surface area contributed by atoms with Gasteiger partial charge in [-0.1, -0.05) is 12.1 Å². The molecule has 3 rings (SSSR count). The van der Waals surface area contributed by atoms with Crippen molar-refractivity contribution >= 4 is 23.0 Å². The fourth-order valence-corrected chi connectivity index (χ4v) is 2.25. The minimum Gasteiger partial charge on any atom is -0.444 e. The van der Waals surface area contributed by atoms with Crippen LogP contribution < -0.4 is 5.32 Å². The Balaban J connectivity index is 1.93. The predicted octanol–water partition coefficient (Wildman–Crippen LogP) is 1.50. The number of fused-ring (bicyclic) bond motifs is 1. The zero-order valence-corrected chi connectivity index (χ0v) is 11.1. The summed E-state index contributed by atoms with van der Waals surface area (Å²) >= 11 is 0. The van der Waals surface area contributed by atoms with Gasteiger partial charge in [0.25, 0.3) is 0 Å². The van der Waals surface area contributed by atoms with E-state index in [2.05, 4.69) is 10.3 Å². The van der Waals surface area contributed by atoms with Crippen LogP contribution in [-0.4, -0.2) is 29.0 Å². The van der Waals surface area contributed by atoms with Crippen LogP contribution >= 0.6 is 0 Å². The molecule has 1 fully saturated rings. The van der Waals surface area contributed by atoms with Crippen molar-refractivity contribution in [2.75, 3.05) is 0 Å². The summed E-state index contributed by atoms with van der Waals surface area (Å²) in [6, 6.07) is 7.98. The minimum atomic E-state index is -1.19. The number of oxazole rings is 1. The molecule has 1 saturated heterocycles. The number of para-hydroxylation sites is 2. The summed E-state index contributed by atoms with van der Waals surface area (Å²) < 4.78 is 10.3. The highest BCUT2D eigenvalue weighted by Gasteiger charge is 2.41. The number of amides is 1. The van der Waals surface area contributed by atoms with Gasteiger partial charge in [0, 0.05) is 0 Å². The molecule has 0 saturated carbocycles. The zero-order valence-electron chi connectivity index (χ0n) is 11.1. The van der Waals surface area contributed by atoms with E-state index in [1.165, 1.54) is 0 Å². The Morgan fingerprint density at radius 2 is 2.24 bits per heavy atom. The van der Waals surface area contributed by atoms with Gasteiger partial charge >= 0.3 is 6.09 Å². The minimum absolute atomic E-state index is 0.0250. The summed E-state index contributed by atoms with van der Waals surface area (Å²) in [4.78, 5) is 27.7. The third-order valence-electron chi connectivity index (χ3n) is 3.31. The molecule has 1 aromatic heterocycles. The largest absolute Gasteiger partial charge is 0.444 e. The SMILES string of the molecule is C[C@@H]1OC(=O)N[C@@H]1C(=O)[C@@H](C#N)c1nc2ccccc2o1. The summed E-state index contributed by atoms with van der Waals surface area (Å²) in [6.07, 6.45) is -1.31. The second-order valence-electron chi connectivity index (χ2n) is 4.72. The first-order chi connectivity index (χ1) is 10.1. The molecule has 0 unspecified atom stereocenters. The van der Waals surface area contributed by atoms with Gasteiger partial charge in [0.15, 0.2) is 17.3 Å². The Morgan fingerprint density at radius 3 is 2.86 bits per heavy atom. The van der Waals surface area contributed by atoms with Gasteiger partial charge in [-0.15, -0.1) is 0 Å². The fourth-order valence-electron chi connectivity index (χ4n) is 2.25. The quantitative estimate of drug-likeness (QED) is 0.916. The molecule has 1 N–H and O–H groups in total. The first-order valence-electron chi connectivity index (χ1n) is 6.36. The lowest BCUT2D eigenvalue weighted by Gasteiger charge is -2.13. The molecule has 3 atom stereocenters. The van der Waals surface area contributed by atoms with Gasteiger partial charge in [0.1, 0.15) is 17.7 Å². The van der Waals surface area contributed by atoms with Gasteiger partial charge in [0.2, 0.25) is 5.89 Å². The molecule has 7 heteroatoms. The number of carbonyl (C=O) groups is 2. The first-order valence-corrected chi connectivity index (χ1v) is 6.36. The number of nitriles is 1. The molecule has 7 nitrogen and oxygen atoms in total. The van der Waals surface area contributed by atoms with E-state index in [0.29, 0.717) is 11.1 Å². The van der Waals surface area contributed by atoms with E-state index in [1.54, 1.807) is 31.2 Å². The number of carbonyl (C=O) groups excluding carboxylic acids is 2. The van der Waals surface area contributed by atoms with Crippen LogP contribution in [0.15, 0.2) is 28.7 Å². The number of rotatable bonds is 3. The Labute approximate surface area is 119 Å². The Hall–Kier alpha value is -2.88. The number of ether oxygens (including phenoxy) is 1. The lowest BCUT2D eigenvalue weighted by atomic mass is 9.96. The standard InChI is InChI=1S/C14H11N3O4/c1-7-11(17-14(19)20-7)12(18)8(6-15)13-16-9-4-2-3-5-10(9)21-13/h2-5,7-8,11H,1H3,(H,17,19)/t7-,8+,11-/m0/s1. The van der Waals surface area contributed by atoms with E-state index in [0.717, 1.165) is 0 Å². The van der Waals surface area contributed by atoms with Crippen LogP contribution in [0.2, 0.25) is 0 Å². The van der Waals surface area contributed by atoms with E-state index < -0.39 is 29.9 Å². The second-order valence-corrected chi connectivity index (χ2v) is 4.72. The highest BCUT2D eigenvalue weighted by molar-refractivity contribution is 5.96. The van der Waals surface area contributed by atoms with E-state index in [1.807, 2.05) is 6.07 Å². The average Bonchev–Trinajstić information content (AvgIpc) is 3.02.